The first-order valence-corrected chi connectivity index (χ1v) is 8.78. The Morgan fingerprint density at radius 3 is 2.65 bits per heavy atom. The molecule has 26 heavy (non-hydrogen) atoms. The van der Waals surface area contributed by atoms with Gasteiger partial charge in [0.2, 0.25) is 0 Å². The van der Waals surface area contributed by atoms with Crippen LogP contribution in [0.3, 0.4) is 0 Å². The Balaban J connectivity index is 1.99. The summed E-state index contributed by atoms with van der Waals surface area (Å²) in [6.07, 6.45) is 4.91. The van der Waals surface area contributed by atoms with Crippen LogP contribution in [-0.2, 0) is 14.3 Å². The molecular weight excluding hydrogens is 338 g/mol. The van der Waals surface area contributed by atoms with Gasteiger partial charge in [0.05, 0.1) is 17.6 Å². The summed E-state index contributed by atoms with van der Waals surface area (Å²) in [6.45, 7) is 1.71. The number of benzene rings is 1. The van der Waals surface area contributed by atoms with Gasteiger partial charge in [-0.25, -0.2) is 4.79 Å². The minimum Gasteiger partial charge on any atom is -0.459 e. The molecule has 8 nitrogen and oxygen atoms in total. The zero-order valence-corrected chi connectivity index (χ0v) is 14.5. The number of nitrogens with one attached hydrogen (secondary N) is 2. The SMILES string of the molecule is CCOC(=O)C(=O)Nc1ccc2c(c1)[nH]c(=O)c(=O)n2C1CCCCC1. The molecule has 2 N–H and O–H groups in total. The Kier molecular flexibility index (Phi) is 5.20. The molecule has 8 heteroatoms. The number of aromatic nitrogens is 2. The van der Waals surface area contributed by atoms with E-state index in [1.807, 2.05) is 0 Å². The number of ether oxygens (including phenoxy) is 1. The smallest absolute Gasteiger partial charge is 0.397 e. The van der Waals surface area contributed by atoms with Crippen LogP contribution in [0.5, 0.6) is 0 Å². The summed E-state index contributed by atoms with van der Waals surface area (Å²) < 4.78 is 6.20. The highest BCUT2D eigenvalue weighted by molar-refractivity contribution is 6.37. The number of H-pyrrole nitrogens is 1. The van der Waals surface area contributed by atoms with Crippen LogP contribution < -0.4 is 16.4 Å². The van der Waals surface area contributed by atoms with Crippen molar-refractivity contribution in [3.8, 4) is 0 Å². The summed E-state index contributed by atoms with van der Waals surface area (Å²) in [7, 11) is 0. The molecule has 1 aromatic heterocycles. The molecule has 0 radical (unpaired) electrons. The van der Waals surface area contributed by atoms with E-state index in [9.17, 15) is 19.2 Å². The van der Waals surface area contributed by atoms with Crippen LogP contribution in [0.4, 0.5) is 5.69 Å². The lowest BCUT2D eigenvalue weighted by atomic mass is 9.95. The van der Waals surface area contributed by atoms with Crippen LogP contribution in [0.2, 0.25) is 0 Å². The molecule has 1 aliphatic carbocycles. The number of anilines is 1. The van der Waals surface area contributed by atoms with Crippen molar-refractivity contribution in [2.24, 2.45) is 0 Å². The number of carbonyl (C=O) groups is 2. The second kappa shape index (κ2) is 7.55. The maximum Gasteiger partial charge on any atom is 0.397 e. The zero-order chi connectivity index (χ0) is 18.7. The van der Waals surface area contributed by atoms with E-state index >= 15 is 0 Å². The summed E-state index contributed by atoms with van der Waals surface area (Å²) in [5.74, 6) is -1.87. The van der Waals surface area contributed by atoms with Crippen molar-refractivity contribution < 1.29 is 14.3 Å². The lowest BCUT2D eigenvalue weighted by Crippen LogP contribution is -2.38. The van der Waals surface area contributed by atoms with Crippen molar-refractivity contribution in [1.82, 2.24) is 9.55 Å². The van der Waals surface area contributed by atoms with Crippen molar-refractivity contribution >= 4 is 28.6 Å². The van der Waals surface area contributed by atoms with Crippen LogP contribution in [0.1, 0.15) is 45.1 Å². The van der Waals surface area contributed by atoms with Crippen molar-refractivity contribution in [1.29, 1.82) is 0 Å². The van der Waals surface area contributed by atoms with Crippen LogP contribution in [-0.4, -0.2) is 28.0 Å². The quantitative estimate of drug-likeness (QED) is 0.640. The second-order valence-electron chi connectivity index (χ2n) is 6.33. The number of hydrogen-bond acceptors (Lipinski definition) is 5. The molecule has 1 fully saturated rings. The molecule has 1 heterocycles. The van der Waals surface area contributed by atoms with Crippen molar-refractivity contribution in [2.45, 2.75) is 45.1 Å². The first kappa shape index (κ1) is 17.9. The van der Waals surface area contributed by atoms with Gasteiger partial charge in [0.1, 0.15) is 0 Å². The third-order valence-corrected chi connectivity index (χ3v) is 4.58. The monoisotopic (exact) mass is 359 g/mol. The van der Waals surface area contributed by atoms with Crippen LogP contribution >= 0.6 is 0 Å². The predicted octanol–water partition coefficient (Wildman–Crippen LogP) is 1.70. The molecule has 0 aliphatic heterocycles. The number of rotatable bonds is 3. The van der Waals surface area contributed by atoms with Gasteiger partial charge in [-0.3, -0.25) is 19.0 Å². The normalized spacial score (nSPS) is 15.0. The first-order valence-electron chi connectivity index (χ1n) is 8.78. The summed E-state index contributed by atoms with van der Waals surface area (Å²) in [6, 6.07) is 4.80. The van der Waals surface area contributed by atoms with Crippen molar-refractivity contribution in [2.75, 3.05) is 11.9 Å². The predicted molar refractivity (Wildman–Crippen MR) is 96.2 cm³/mol. The number of hydrogen-bond donors (Lipinski definition) is 2. The molecule has 1 amide bonds. The van der Waals surface area contributed by atoms with Gasteiger partial charge in [-0.15, -0.1) is 0 Å². The summed E-state index contributed by atoms with van der Waals surface area (Å²) in [4.78, 5) is 50.2. The first-order chi connectivity index (χ1) is 12.5. The third-order valence-electron chi connectivity index (χ3n) is 4.58. The van der Waals surface area contributed by atoms with Gasteiger partial charge in [-0.1, -0.05) is 19.3 Å². The van der Waals surface area contributed by atoms with Gasteiger partial charge in [0.15, 0.2) is 0 Å². The Hall–Kier alpha value is -2.90. The fourth-order valence-electron chi connectivity index (χ4n) is 3.40. The van der Waals surface area contributed by atoms with E-state index in [2.05, 4.69) is 15.0 Å². The highest BCUT2D eigenvalue weighted by Gasteiger charge is 2.21. The summed E-state index contributed by atoms with van der Waals surface area (Å²) >= 11 is 0. The minimum atomic E-state index is -0.978. The number of aromatic amines is 1. The maximum absolute atomic E-state index is 12.4. The maximum atomic E-state index is 12.4. The average molecular weight is 359 g/mol. The standard InChI is InChI=1S/C18H21N3O5/c1-2-26-18(25)16(23)19-11-8-9-14-13(10-11)20-15(22)17(24)21(14)12-6-4-3-5-7-12/h8-10,12H,2-7H2,1H3,(H,19,23)(H,20,22). The molecular formula is C18H21N3O5. The Morgan fingerprint density at radius 1 is 1.23 bits per heavy atom. The largest absolute Gasteiger partial charge is 0.459 e. The van der Waals surface area contributed by atoms with E-state index in [1.165, 1.54) is 6.07 Å². The fraction of sp³-hybridized carbons (Fsp3) is 0.444. The lowest BCUT2D eigenvalue weighted by Gasteiger charge is -2.25. The van der Waals surface area contributed by atoms with Gasteiger partial charge >= 0.3 is 23.0 Å². The molecule has 0 saturated heterocycles. The Bertz CT molecular complexity index is 953. The molecule has 0 bridgehead atoms. The summed E-state index contributed by atoms with van der Waals surface area (Å²) in [5.41, 5.74) is 0.113. The van der Waals surface area contributed by atoms with Gasteiger partial charge in [0, 0.05) is 11.7 Å². The number of amides is 1. The molecule has 2 aromatic rings. The minimum absolute atomic E-state index is 0.000947. The molecule has 1 aliphatic rings. The van der Waals surface area contributed by atoms with E-state index in [0.717, 1.165) is 32.1 Å². The van der Waals surface area contributed by atoms with Gasteiger partial charge in [-0.2, -0.15) is 0 Å². The highest BCUT2D eigenvalue weighted by atomic mass is 16.5. The Morgan fingerprint density at radius 2 is 1.96 bits per heavy atom. The summed E-state index contributed by atoms with van der Waals surface area (Å²) in [5, 5.41) is 2.43. The van der Waals surface area contributed by atoms with Crippen molar-refractivity contribution in [3.63, 3.8) is 0 Å². The van der Waals surface area contributed by atoms with E-state index in [0.29, 0.717) is 16.7 Å². The van der Waals surface area contributed by atoms with Gasteiger partial charge in [-0.05, 0) is 38.0 Å². The molecule has 3 rings (SSSR count). The molecule has 1 saturated carbocycles. The van der Waals surface area contributed by atoms with E-state index in [4.69, 9.17) is 0 Å². The zero-order valence-electron chi connectivity index (χ0n) is 14.5. The Labute approximate surface area is 149 Å². The number of nitrogens with zero attached hydrogens (tertiary/aromatic N) is 1. The molecule has 0 unspecified atom stereocenters. The van der Waals surface area contributed by atoms with Gasteiger partial charge < -0.3 is 15.0 Å². The second-order valence-corrected chi connectivity index (χ2v) is 6.33. The van der Waals surface area contributed by atoms with Crippen molar-refractivity contribution in [3.05, 3.63) is 38.9 Å². The number of esters is 1. The average Bonchev–Trinajstić information content (AvgIpc) is 2.64. The van der Waals surface area contributed by atoms with Crippen LogP contribution in [0.15, 0.2) is 27.8 Å². The topological polar surface area (TPSA) is 110 Å². The fourth-order valence-corrected chi connectivity index (χ4v) is 3.40. The molecule has 0 atom stereocenters. The van der Waals surface area contributed by atoms with Gasteiger partial charge in [0.25, 0.3) is 0 Å². The molecule has 0 spiro atoms. The lowest BCUT2D eigenvalue weighted by molar-refractivity contribution is -0.152. The highest BCUT2D eigenvalue weighted by Crippen LogP contribution is 2.29. The van der Waals surface area contributed by atoms with Crippen LogP contribution in [0.25, 0.3) is 11.0 Å². The number of fused-ring (bicyclic) bond motifs is 1. The van der Waals surface area contributed by atoms with E-state index in [1.54, 1.807) is 23.6 Å². The molecule has 1 aromatic carbocycles. The van der Waals surface area contributed by atoms with E-state index < -0.39 is 23.0 Å². The molecule has 138 valence electrons. The number of carbonyl (C=O) groups excluding carboxylic acids is 2. The van der Waals surface area contributed by atoms with E-state index in [-0.39, 0.29) is 12.6 Å². The third kappa shape index (κ3) is 3.54. The van der Waals surface area contributed by atoms with Crippen LogP contribution in [0, 0.1) is 0 Å².